The maximum atomic E-state index is 9.76. The van der Waals surface area contributed by atoms with Crippen molar-refractivity contribution < 1.29 is 9.84 Å². The Kier molecular flexibility index (Phi) is 4.06. The molecule has 2 aromatic heterocycles. The van der Waals surface area contributed by atoms with Gasteiger partial charge in [-0.15, -0.1) is 0 Å². The Balaban J connectivity index is 1.89. The van der Waals surface area contributed by atoms with Crippen LogP contribution < -0.4 is 9.64 Å². The van der Waals surface area contributed by atoms with E-state index in [1.807, 2.05) is 24.0 Å². The SMILES string of the molecule is COc1cc(O)ccc1-c1nccn1-c1c(N2CCCC2)nn(C)c1C. The first-order chi connectivity index (χ1) is 12.6. The van der Waals surface area contributed by atoms with Gasteiger partial charge in [0.05, 0.1) is 18.4 Å². The highest BCUT2D eigenvalue weighted by Crippen LogP contribution is 2.36. The minimum Gasteiger partial charge on any atom is -0.508 e. The molecule has 1 aliphatic heterocycles. The molecule has 136 valence electrons. The normalized spacial score (nSPS) is 14.2. The minimum absolute atomic E-state index is 0.166. The zero-order valence-corrected chi connectivity index (χ0v) is 15.3. The summed E-state index contributed by atoms with van der Waals surface area (Å²) < 4.78 is 9.44. The first-order valence-corrected chi connectivity index (χ1v) is 8.80. The van der Waals surface area contributed by atoms with Gasteiger partial charge in [0.1, 0.15) is 23.0 Å². The van der Waals surface area contributed by atoms with Crippen molar-refractivity contribution >= 4 is 5.82 Å². The molecule has 0 bridgehead atoms. The highest BCUT2D eigenvalue weighted by Gasteiger charge is 2.25. The van der Waals surface area contributed by atoms with E-state index in [4.69, 9.17) is 9.84 Å². The summed E-state index contributed by atoms with van der Waals surface area (Å²) in [6.07, 6.45) is 6.11. The zero-order chi connectivity index (χ0) is 18.3. The molecule has 0 amide bonds. The third kappa shape index (κ3) is 2.60. The molecule has 26 heavy (non-hydrogen) atoms. The Morgan fingerprint density at radius 2 is 1.96 bits per heavy atom. The van der Waals surface area contributed by atoms with Gasteiger partial charge in [0.15, 0.2) is 5.82 Å². The van der Waals surface area contributed by atoms with Crippen molar-refractivity contribution in [3.63, 3.8) is 0 Å². The van der Waals surface area contributed by atoms with Crippen LogP contribution in [0.25, 0.3) is 17.1 Å². The van der Waals surface area contributed by atoms with Crippen LogP contribution in [0.4, 0.5) is 5.82 Å². The number of hydrogen-bond acceptors (Lipinski definition) is 5. The summed E-state index contributed by atoms with van der Waals surface area (Å²) >= 11 is 0. The van der Waals surface area contributed by atoms with Crippen LogP contribution in [0.15, 0.2) is 30.6 Å². The zero-order valence-electron chi connectivity index (χ0n) is 15.3. The van der Waals surface area contributed by atoms with Gasteiger partial charge in [-0.2, -0.15) is 5.10 Å². The number of phenolic OH excluding ortho intramolecular Hbond substituents is 1. The van der Waals surface area contributed by atoms with Crippen LogP contribution in [0.1, 0.15) is 18.5 Å². The van der Waals surface area contributed by atoms with E-state index in [1.165, 1.54) is 12.8 Å². The predicted molar refractivity (Wildman–Crippen MR) is 100 cm³/mol. The van der Waals surface area contributed by atoms with Gasteiger partial charge in [-0.05, 0) is 31.9 Å². The molecule has 0 radical (unpaired) electrons. The van der Waals surface area contributed by atoms with E-state index in [0.29, 0.717) is 5.75 Å². The summed E-state index contributed by atoms with van der Waals surface area (Å²) in [4.78, 5) is 6.90. The van der Waals surface area contributed by atoms with E-state index in [2.05, 4.69) is 21.4 Å². The molecule has 0 spiro atoms. The van der Waals surface area contributed by atoms with E-state index in [0.717, 1.165) is 41.7 Å². The van der Waals surface area contributed by atoms with Gasteiger partial charge < -0.3 is 14.7 Å². The Labute approximate surface area is 152 Å². The number of nitrogens with zero attached hydrogens (tertiary/aromatic N) is 5. The number of imidazole rings is 1. The molecular formula is C19H23N5O2. The summed E-state index contributed by atoms with van der Waals surface area (Å²) in [7, 11) is 3.56. The number of methoxy groups -OCH3 is 1. The molecule has 7 nitrogen and oxygen atoms in total. The van der Waals surface area contributed by atoms with Gasteiger partial charge in [0.2, 0.25) is 0 Å². The second kappa shape index (κ2) is 6.40. The van der Waals surface area contributed by atoms with Gasteiger partial charge in [0, 0.05) is 38.6 Å². The second-order valence-corrected chi connectivity index (χ2v) is 6.58. The average molecular weight is 353 g/mol. The smallest absolute Gasteiger partial charge is 0.175 e. The Morgan fingerprint density at radius 3 is 2.69 bits per heavy atom. The molecule has 0 aliphatic carbocycles. The number of aryl methyl sites for hydroxylation is 1. The van der Waals surface area contributed by atoms with Crippen molar-refractivity contribution in [2.24, 2.45) is 7.05 Å². The molecule has 0 saturated carbocycles. The van der Waals surface area contributed by atoms with Gasteiger partial charge in [-0.3, -0.25) is 9.25 Å². The van der Waals surface area contributed by atoms with E-state index >= 15 is 0 Å². The van der Waals surface area contributed by atoms with Gasteiger partial charge >= 0.3 is 0 Å². The number of aromatic nitrogens is 4. The van der Waals surface area contributed by atoms with E-state index < -0.39 is 0 Å². The topological polar surface area (TPSA) is 68.3 Å². The standard InChI is InChI=1S/C19H23N5O2/c1-13-17(19(21-22(13)2)23-9-4-5-10-23)24-11-8-20-18(24)15-7-6-14(25)12-16(15)26-3/h6-8,11-12,25H,4-5,9-10H2,1-3H3. The third-order valence-electron chi connectivity index (χ3n) is 5.00. The van der Waals surface area contributed by atoms with Crippen LogP contribution in [0.2, 0.25) is 0 Å². The van der Waals surface area contributed by atoms with Crippen molar-refractivity contribution in [1.82, 2.24) is 19.3 Å². The van der Waals surface area contributed by atoms with Crippen molar-refractivity contribution in [1.29, 1.82) is 0 Å². The van der Waals surface area contributed by atoms with Gasteiger partial charge in [-0.1, -0.05) is 0 Å². The quantitative estimate of drug-likeness (QED) is 0.781. The summed E-state index contributed by atoms with van der Waals surface area (Å²) in [6, 6.07) is 5.08. The van der Waals surface area contributed by atoms with Crippen LogP contribution in [-0.2, 0) is 7.05 Å². The lowest BCUT2D eigenvalue weighted by atomic mass is 10.1. The average Bonchev–Trinajstić information content (AvgIpc) is 3.36. The predicted octanol–water partition coefficient (Wildman–Crippen LogP) is 2.90. The van der Waals surface area contributed by atoms with Crippen molar-refractivity contribution in [3.05, 3.63) is 36.3 Å². The molecule has 0 atom stereocenters. The summed E-state index contributed by atoms with van der Waals surface area (Å²) in [5.41, 5.74) is 2.94. The third-order valence-corrected chi connectivity index (χ3v) is 5.00. The molecule has 1 aromatic carbocycles. The lowest BCUT2D eigenvalue weighted by Crippen LogP contribution is -2.20. The minimum atomic E-state index is 0.166. The molecular weight excluding hydrogens is 330 g/mol. The lowest BCUT2D eigenvalue weighted by Gasteiger charge is -2.18. The molecule has 1 saturated heterocycles. The highest BCUT2D eigenvalue weighted by atomic mass is 16.5. The van der Waals surface area contributed by atoms with Crippen LogP contribution in [-0.4, -0.2) is 44.6 Å². The molecule has 0 unspecified atom stereocenters. The lowest BCUT2D eigenvalue weighted by molar-refractivity contribution is 0.409. The molecule has 7 heteroatoms. The Bertz CT molecular complexity index is 938. The molecule has 1 fully saturated rings. The number of rotatable bonds is 4. The van der Waals surface area contributed by atoms with E-state index in [-0.39, 0.29) is 5.75 Å². The molecule has 1 aliphatic rings. The highest BCUT2D eigenvalue weighted by molar-refractivity contribution is 5.71. The number of hydrogen-bond donors (Lipinski definition) is 1. The fraction of sp³-hybridized carbons (Fsp3) is 0.368. The van der Waals surface area contributed by atoms with E-state index in [9.17, 15) is 5.11 Å². The first-order valence-electron chi connectivity index (χ1n) is 8.80. The fourth-order valence-electron chi connectivity index (χ4n) is 3.55. The van der Waals surface area contributed by atoms with Crippen molar-refractivity contribution in [2.45, 2.75) is 19.8 Å². The summed E-state index contributed by atoms with van der Waals surface area (Å²) in [6.45, 7) is 4.12. The van der Waals surface area contributed by atoms with E-state index in [1.54, 1.807) is 25.4 Å². The summed E-state index contributed by atoms with van der Waals surface area (Å²) in [5, 5.41) is 14.5. The van der Waals surface area contributed by atoms with Crippen molar-refractivity contribution in [3.8, 4) is 28.6 Å². The molecule has 3 heterocycles. The molecule has 1 N–H and O–H groups in total. The fourth-order valence-corrected chi connectivity index (χ4v) is 3.55. The largest absolute Gasteiger partial charge is 0.508 e. The second-order valence-electron chi connectivity index (χ2n) is 6.58. The maximum Gasteiger partial charge on any atom is 0.175 e. The van der Waals surface area contributed by atoms with Crippen LogP contribution >= 0.6 is 0 Å². The number of anilines is 1. The molecule has 3 aromatic rings. The number of ether oxygens (including phenoxy) is 1. The monoisotopic (exact) mass is 353 g/mol. The number of aromatic hydroxyl groups is 1. The van der Waals surface area contributed by atoms with Crippen molar-refractivity contribution in [2.75, 3.05) is 25.1 Å². The summed E-state index contributed by atoms with van der Waals surface area (Å²) in [5.74, 6) is 2.50. The first kappa shape index (κ1) is 16.5. The van der Waals surface area contributed by atoms with Gasteiger partial charge in [-0.25, -0.2) is 4.98 Å². The van der Waals surface area contributed by atoms with Gasteiger partial charge in [0.25, 0.3) is 0 Å². The van der Waals surface area contributed by atoms with Crippen LogP contribution in [0.5, 0.6) is 11.5 Å². The van der Waals surface area contributed by atoms with Crippen LogP contribution in [0, 0.1) is 6.92 Å². The maximum absolute atomic E-state index is 9.76. The Morgan fingerprint density at radius 1 is 1.19 bits per heavy atom. The number of phenols is 1. The molecule has 4 rings (SSSR count). The Hall–Kier alpha value is -2.96. The number of benzene rings is 1. The van der Waals surface area contributed by atoms with Crippen LogP contribution in [0.3, 0.4) is 0 Å².